The molecule has 2 rings (SSSR count). The molecule has 0 aliphatic heterocycles. The average molecular weight is 346 g/mol. The predicted octanol–water partition coefficient (Wildman–Crippen LogP) is 3.20. The molecule has 25 heavy (non-hydrogen) atoms. The highest BCUT2D eigenvalue weighted by Crippen LogP contribution is 2.21. The van der Waals surface area contributed by atoms with E-state index in [0.717, 1.165) is 6.07 Å². The number of hydrogen-bond acceptors (Lipinski definition) is 4. The normalized spacial score (nSPS) is 11.4. The van der Waals surface area contributed by atoms with E-state index in [9.17, 15) is 14.0 Å². The number of ether oxygens (including phenoxy) is 2. The molecule has 2 aromatic rings. The van der Waals surface area contributed by atoms with Gasteiger partial charge >= 0.3 is 0 Å². The summed E-state index contributed by atoms with van der Waals surface area (Å²) in [6.07, 6.45) is -0.775. The van der Waals surface area contributed by atoms with Gasteiger partial charge in [-0.2, -0.15) is 0 Å². The summed E-state index contributed by atoms with van der Waals surface area (Å²) < 4.78 is 24.2. The molecule has 2 N–H and O–H groups in total. The van der Waals surface area contributed by atoms with Crippen molar-refractivity contribution in [3.05, 3.63) is 48.3 Å². The van der Waals surface area contributed by atoms with Crippen LogP contribution in [-0.4, -0.2) is 25.0 Å². The van der Waals surface area contributed by atoms with E-state index in [1.165, 1.54) is 19.1 Å². The van der Waals surface area contributed by atoms with Gasteiger partial charge in [-0.25, -0.2) is 4.39 Å². The monoisotopic (exact) mass is 346 g/mol. The molecule has 6 nitrogen and oxygen atoms in total. The van der Waals surface area contributed by atoms with Crippen molar-refractivity contribution in [2.75, 3.05) is 17.7 Å². The van der Waals surface area contributed by atoms with Gasteiger partial charge in [0.25, 0.3) is 5.91 Å². The van der Waals surface area contributed by atoms with Crippen molar-refractivity contribution >= 4 is 23.2 Å². The Balaban J connectivity index is 2.01. The molecule has 7 heteroatoms. The van der Waals surface area contributed by atoms with Crippen LogP contribution in [0.2, 0.25) is 0 Å². The lowest BCUT2D eigenvalue weighted by atomic mass is 10.2. The molecule has 0 bridgehead atoms. The zero-order chi connectivity index (χ0) is 18.4. The zero-order valence-electron chi connectivity index (χ0n) is 14.1. The standard InChI is InChI=1S/C18H19FN2O4/c1-11(25-15-7-5-14(24-3)6-8-15)18(23)21-13-4-9-16(19)17(10-13)20-12(2)22/h4-11H,1-3H3,(H,20,22)(H,21,23). The number of methoxy groups -OCH3 is 1. The average Bonchev–Trinajstić information content (AvgIpc) is 2.58. The fourth-order valence-corrected chi connectivity index (χ4v) is 2.04. The second-order valence-corrected chi connectivity index (χ2v) is 5.30. The Morgan fingerprint density at radius 2 is 1.68 bits per heavy atom. The number of carbonyl (C=O) groups excluding carboxylic acids is 2. The van der Waals surface area contributed by atoms with Crippen molar-refractivity contribution in [3.63, 3.8) is 0 Å². The van der Waals surface area contributed by atoms with Gasteiger partial charge in [-0.05, 0) is 49.4 Å². The molecule has 2 amide bonds. The van der Waals surface area contributed by atoms with Crippen LogP contribution in [0.1, 0.15) is 13.8 Å². The minimum Gasteiger partial charge on any atom is -0.497 e. The van der Waals surface area contributed by atoms with Crippen LogP contribution in [0.25, 0.3) is 0 Å². The molecule has 0 aliphatic carbocycles. The van der Waals surface area contributed by atoms with Crippen LogP contribution in [0.3, 0.4) is 0 Å². The van der Waals surface area contributed by atoms with E-state index in [0.29, 0.717) is 17.2 Å². The summed E-state index contributed by atoms with van der Waals surface area (Å²) in [5.74, 6) is -0.201. The Kier molecular flexibility index (Phi) is 5.94. The van der Waals surface area contributed by atoms with E-state index >= 15 is 0 Å². The van der Waals surface area contributed by atoms with Crippen molar-refractivity contribution < 1.29 is 23.5 Å². The molecule has 0 saturated heterocycles. The molecule has 0 saturated carbocycles. The van der Waals surface area contributed by atoms with Gasteiger partial charge < -0.3 is 20.1 Å². The molecule has 132 valence electrons. The molecule has 2 aromatic carbocycles. The number of anilines is 2. The Morgan fingerprint density at radius 1 is 1.04 bits per heavy atom. The maximum Gasteiger partial charge on any atom is 0.265 e. The molecule has 0 spiro atoms. The second kappa shape index (κ2) is 8.14. The lowest BCUT2D eigenvalue weighted by Gasteiger charge is -2.15. The summed E-state index contributed by atoms with van der Waals surface area (Å²) in [5.41, 5.74) is 0.342. The van der Waals surface area contributed by atoms with Crippen molar-refractivity contribution in [1.82, 2.24) is 0 Å². The first kappa shape index (κ1) is 18.3. The largest absolute Gasteiger partial charge is 0.497 e. The number of halogens is 1. The molecule has 0 aromatic heterocycles. The third-order valence-corrected chi connectivity index (χ3v) is 3.29. The summed E-state index contributed by atoms with van der Waals surface area (Å²) in [6.45, 7) is 2.87. The summed E-state index contributed by atoms with van der Waals surface area (Å²) >= 11 is 0. The third-order valence-electron chi connectivity index (χ3n) is 3.29. The Bertz CT molecular complexity index is 762. The molecular weight excluding hydrogens is 327 g/mol. The first-order valence-electron chi connectivity index (χ1n) is 7.57. The number of rotatable bonds is 6. The SMILES string of the molecule is COc1ccc(OC(C)C(=O)Nc2ccc(F)c(NC(C)=O)c2)cc1. The molecule has 1 atom stereocenters. The third kappa shape index (κ3) is 5.20. The number of amides is 2. The van der Waals surface area contributed by atoms with Gasteiger partial charge in [0, 0.05) is 12.6 Å². The number of nitrogens with one attached hydrogen (secondary N) is 2. The van der Waals surface area contributed by atoms with Gasteiger partial charge in [0.05, 0.1) is 12.8 Å². The summed E-state index contributed by atoms with van der Waals surface area (Å²) in [4.78, 5) is 23.3. The molecule has 0 aliphatic rings. The second-order valence-electron chi connectivity index (χ2n) is 5.30. The smallest absolute Gasteiger partial charge is 0.265 e. The summed E-state index contributed by atoms with van der Waals surface area (Å²) in [7, 11) is 1.56. The van der Waals surface area contributed by atoms with Crippen LogP contribution >= 0.6 is 0 Å². The Morgan fingerprint density at radius 3 is 2.28 bits per heavy atom. The number of benzene rings is 2. The topological polar surface area (TPSA) is 76.7 Å². The first-order chi connectivity index (χ1) is 11.9. The van der Waals surface area contributed by atoms with Gasteiger partial charge in [0.2, 0.25) is 5.91 Å². The maximum absolute atomic E-state index is 13.6. The molecule has 0 radical (unpaired) electrons. The first-order valence-corrected chi connectivity index (χ1v) is 7.57. The van der Waals surface area contributed by atoms with Crippen LogP contribution in [0.5, 0.6) is 11.5 Å². The van der Waals surface area contributed by atoms with Gasteiger partial charge in [-0.15, -0.1) is 0 Å². The van der Waals surface area contributed by atoms with Crippen LogP contribution in [0.4, 0.5) is 15.8 Å². The van der Waals surface area contributed by atoms with E-state index in [1.54, 1.807) is 38.3 Å². The highest BCUT2D eigenvalue weighted by atomic mass is 19.1. The van der Waals surface area contributed by atoms with Crippen LogP contribution in [-0.2, 0) is 9.59 Å². The number of hydrogen-bond donors (Lipinski definition) is 2. The van der Waals surface area contributed by atoms with Gasteiger partial charge in [0.1, 0.15) is 17.3 Å². The lowest BCUT2D eigenvalue weighted by molar-refractivity contribution is -0.122. The van der Waals surface area contributed by atoms with Crippen molar-refractivity contribution in [2.24, 2.45) is 0 Å². The van der Waals surface area contributed by atoms with E-state index in [-0.39, 0.29) is 5.69 Å². The van der Waals surface area contributed by atoms with Crippen molar-refractivity contribution in [1.29, 1.82) is 0 Å². The van der Waals surface area contributed by atoms with Crippen molar-refractivity contribution in [3.8, 4) is 11.5 Å². The quantitative estimate of drug-likeness (QED) is 0.842. The Hall–Kier alpha value is -3.09. The summed E-state index contributed by atoms with van der Waals surface area (Å²) in [5, 5.41) is 4.98. The molecular formula is C18H19FN2O4. The zero-order valence-corrected chi connectivity index (χ0v) is 14.1. The van der Waals surface area contributed by atoms with Gasteiger partial charge in [-0.3, -0.25) is 9.59 Å². The van der Waals surface area contributed by atoms with E-state index < -0.39 is 23.7 Å². The predicted molar refractivity (Wildman–Crippen MR) is 92.4 cm³/mol. The van der Waals surface area contributed by atoms with Gasteiger partial charge in [-0.1, -0.05) is 0 Å². The van der Waals surface area contributed by atoms with E-state index in [4.69, 9.17) is 9.47 Å². The Labute approximate surface area is 144 Å². The fourth-order valence-electron chi connectivity index (χ4n) is 2.04. The molecule has 0 heterocycles. The minimum atomic E-state index is -0.775. The molecule has 1 unspecified atom stereocenters. The lowest BCUT2D eigenvalue weighted by Crippen LogP contribution is -2.30. The van der Waals surface area contributed by atoms with Crippen molar-refractivity contribution in [2.45, 2.75) is 20.0 Å². The van der Waals surface area contributed by atoms with E-state index in [2.05, 4.69) is 10.6 Å². The van der Waals surface area contributed by atoms with E-state index in [1.807, 2.05) is 0 Å². The van der Waals surface area contributed by atoms with Gasteiger partial charge in [0.15, 0.2) is 6.10 Å². The maximum atomic E-state index is 13.6. The van der Waals surface area contributed by atoms with Crippen LogP contribution in [0, 0.1) is 5.82 Å². The minimum absolute atomic E-state index is 0.00553. The highest BCUT2D eigenvalue weighted by Gasteiger charge is 2.16. The number of carbonyl (C=O) groups is 2. The van der Waals surface area contributed by atoms with Crippen LogP contribution in [0.15, 0.2) is 42.5 Å². The highest BCUT2D eigenvalue weighted by molar-refractivity contribution is 5.95. The van der Waals surface area contributed by atoms with Crippen LogP contribution < -0.4 is 20.1 Å². The fraction of sp³-hybridized carbons (Fsp3) is 0.222. The summed E-state index contributed by atoms with van der Waals surface area (Å²) in [6, 6.07) is 10.7. The molecule has 0 fully saturated rings.